The summed E-state index contributed by atoms with van der Waals surface area (Å²) in [5.41, 5.74) is 2.19. The quantitative estimate of drug-likeness (QED) is 0.566. The van der Waals surface area contributed by atoms with Gasteiger partial charge in [-0.15, -0.1) is 11.3 Å². The van der Waals surface area contributed by atoms with Crippen molar-refractivity contribution in [2.24, 2.45) is 0 Å². The summed E-state index contributed by atoms with van der Waals surface area (Å²) in [7, 11) is 0. The van der Waals surface area contributed by atoms with E-state index in [2.05, 4.69) is 4.98 Å². The van der Waals surface area contributed by atoms with Crippen LogP contribution in [0.15, 0.2) is 53.9 Å². The third-order valence-corrected chi connectivity index (χ3v) is 5.85. The van der Waals surface area contributed by atoms with Gasteiger partial charge >= 0.3 is 0 Å². The number of nitrogens with zero attached hydrogens (tertiary/aromatic N) is 2. The zero-order valence-electron chi connectivity index (χ0n) is 15.8. The molecular formula is C22H21ClN2O3S. The highest BCUT2D eigenvalue weighted by Crippen LogP contribution is 2.33. The third-order valence-electron chi connectivity index (χ3n) is 4.74. The van der Waals surface area contributed by atoms with Crippen molar-refractivity contribution in [2.45, 2.75) is 38.6 Å². The first-order valence-electron chi connectivity index (χ1n) is 9.45. The molecule has 0 saturated heterocycles. The lowest BCUT2D eigenvalue weighted by Gasteiger charge is -2.24. The first kappa shape index (κ1) is 19.9. The van der Waals surface area contributed by atoms with Gasteiger partial charge in [0.25, 0.3) is 5.91 Å². The van der Waals surface area contributed by atoms with E-state index in [0.717, 1.165) is 23.4 Å². The van der Waals surface area contributed by atoms with Crippen LogP contribution in [0.2, 0.25) is 5.02 Å². The van der Waals surface area contributed by atoms with Gasteiger partial charge in [0.05, 0.1) is 12.3 Å². The lowest BCUT2D eigenvalue weighted by Crippen LogP contribution is -2.32. The number of thiazole rings is 1. The Morgan fingerprint density at radius 1 is 1.24 bits per heavy atom. The van der Waals surface area contributed by atoms with Crippen LogP contribution in [0.4, 0.5) is 0 Å². The number of aromatic nitrogens is 1. The summed E-state index contributed by atoms with van der Waals surface area (Å²) in [4.78, 5) is 19.3. The number of aliphatic hydroxyl groups excluding tert-OH is 1. The number of rotatable bonds is 8. The molecule has 2 aromatic carbocycles. The molecule has 0 bridgehead atoms. The number of aliphatic hydroxyl groups is 1. The maximum atomic E-state index is 13.1. The van der Waals surface area contributed by atoms with E-state index in [1.54, 1.807) is 6.07 Å². The van der Waals surface area contributed by atoms with Crippen molar-refractivity contribution >= 4 is 28.8 Å². The van der Waals surface area contributed by atoms with Crippen molar-refractivity contribution < 1.29 is 14.6 Å². The van der Waals surface area contributed by atoms with Gasteiger partial charge in [-0.1, -0.05) is 29.8 Å². The average molecular weight is 429 g/mol. The highest BCUT2D eigenvalue weighted by molar-refractivity contribution is 7.09. The monoisotopic (exact) mass is 428 g/mol. The highest BCUT2D eigenvalue weighted by Gasteiger charge is 2.33. The molecule has 1 aliphatic rings. The minimum Gasteiger partial charge on any atom is -0.486 e. The summed E-state index contributed by atoms with van der Waals surface area (Å²) < 4.78 is 5.99. The smallest absolute Gasteiger partial charge is 0.254 e. The summed E-state index contributed by atoms with van der Waals surface area (Å²) >= 11 is 7.68. The lowest BCUT2D eigenvalue weighted by atomic mass is 10.1. The Morgan fingerprint density at radius 2 is 2.03 bits per heavy atom. The third kappa shape index (κ3) is 4.96. The zero-order valence-corrected chi connectivity index (χ0v) is 17.3. The summed E-state index contributed by atoms with van der Waals surface area (Å²) in [6.45, 7) is 0.657. The maximum absolute atomic E-state index is 13.1. The fraction of sp³-hybridized carbons (Fsp3) is 0.273. The molecule has 1 amide bonds. The van der Waals surface area contributed by atoms with Gasteiger partial charge in [0, 0.05) is 34.1 Å². The second kappa shape index (κ2) is 8.95. The fourth-order valence-electron chi connectivity index (χ4n) is 3.12. The predicted octanol–water partition coefficient (Wildman–Crippen LogP) is 4.67. The number of ether oxygens (including phenoxy) is 1. The minimum atomic E-state index is -0.0827. The molecule has 0 unspecified atom stereocenters. The Hall–Kier alpha value is -2.41. The fourth-order valence-corrected chi connectivity index (χ4v) is 4.01. The van der Waals surface area contributed by atoms with E-state index in [1.165, 1.54) is 11.3 Å². The molecule has 1 aliphatic carbocycles. The van der Waals surface area contributed by atoms with Crippen LogP contribution < -0.4 is 4.74 Å². The number of benzene rings is 2. The molecule has 1 fully saturated rings. The van der Waals surface area contributed by atoms with Crippen LogP contribution >= 0.6 is 22.9 Å². The maximum Gasteiger partial charge on any atom is 0.254 e. The number of carbonyl (C=O) groups is 1. The Labute approximate surface area is 178 Å². The van der Waals surface area contributed by atoms with Gasteiger partial charge in [0.2, 0.25) is 0 Å². The number of halogens is 1. The summed E-state index contributed by atoms with van der Waals surface area (Å²) in [6.07, 6.45) is 2.02. The number of carbonyl (C=O) groups excluding carboxylic acids is 1. The summed E-state index contributed by atoms with van der Waals surface area (Å²) in [5, 5.41) is 12.4. The molecule has 4 rings (SSSR count). The second-order valence-corrected chi connectivity index (χ2v) is 8.34. The van der Waals surface area contributed by atoms with Crippen LogP contribution in [0.5, 0.6) is 5.75 Å². The number of hydrogen-bond donors (Lipinski definition) is 1. The van der Waals surface area contributed by atoms with Crippen molar-refractivity contribution in [1.82, 2.24) is 9.88 Å². The van der Waals surface area contributed by atoms with Gasteiger partial charge < -0.3 is 14.7 Å². The van der Waals surface area contributed by atoms with E-state index < -0.39 is 0 Å². The standard InChI is InChI=1S/C22H21ClN2O3S/c23-17-6-9-20(28-13-21-24-18(12-26)14-29-21)16(10-17)11-25(19-7-8-19)22(27)15-4-2-1-3-5-15/h1-6,9-10,14,19,26H,7-8,11-13H2. The molecule has 0 atom stereocenters. The normalized spacial score (nSPS) is 13.3. The van der Waals surface area contributed by atoms with Crippen LogP contribution in [-0.2, 0) is 19.8 Å². The number of hydrogen-bond acceptors (Lipinski definition) is 5. The SMILES string of the molecule is O=C(c1ccccc1)N(Cc1cc(Cl)ccc1OCc1nc(CO)cs1)C1CC1. The van der Waals surface area contributed by atoms with Gasteiger partial charge in [-0.2, -0.15) is 0 Å². The molecule has 7 heteroatoms. The Morgan fingerprint density at radius 3 is 2.72 bits per heavy atom. The van der Waals surface area contributed by atoms with E-state index in [4.69, 9.17) is 21.4 Å². The topological polar surface area (TPSA) is 62.7 Å². The Bertz CT molecular complexity index is 989. The van der Waals surface area contributed by atoms with E-state index in [1.807, 2.05) is 52.7 Å². The van der Waals surface area contributed by atoms with Gasteiger partial charge in [0.15, 0.2) is 0 Å². The Balaban J connectivity index is 1.53. The lowest BCUT2D eigenvalue weighted by molar-refractivity contribution is 0.0728. The largest absolute Gasteiger partial charge is 0.486 e. The summed E-state index contributed by atoms with van der Waals surface area (Å²) in [6, 6.07) is 15.1. The molecule has 150 valence electrons. The second-order valence-electron chi connectivity index (χ2n) is 6.96. The first-order valence-corrected chi connectivity index (χ1v) is 10.7. The van der Waals surface area contributed by atoms with Crippen molar-refractivity contribution in [3.63, 3.8) is 0 Å². The van der Waals surface area contributed by atoms with Crippen molar-refractivity contribution in [3.8, 4) is 5.75 Å². The van der Waals surface area contributed by atoms with Crippen molar-refractivity contribution in [1.29, 1.82) is 0 Å². The van der Waals surface area contributed by atoms with Crippen LogP contribution in [0.3, 0.4) is 0 Å². The molecular weight excluding hydrogens is 408 g/mol. The number of amides is 1. The van der Waals surface area contributed by atoms with Crippen molar-refractivity contribution in [2.75, 3.05) is 0 Å². The molecule has 0 radical (unpaired) electrons. The van der Waals surface area contributed by atoms with E-state index in [9.17, 15) is 4.79 Å². The highest BCUT2D eigenvalue weighted by atomic mass is 35.5. The molecule has 1 saturated carbocycles. The van der Waals surface area contributed by atoms with Crippen LogP contribution in [0, 0.1) is 0 Å². The van der Waals surface area contributed by atoms with Gasteiger partial charge in [-0.25, -0.2) is 4.98 Å². The van der Waals surface area contributed by atoms with E-state index in [-0.39, 0.29) is 18.6 Å². The molecule has 1 heterocycles. The molecule has 0 spiro atoms. The van der Waals surface area contributed by atoms with Crippen LogP contribution in [0.25, 0.3) is 0 Å². The minimum absolute atomic E-state index is 0.0199. The molecule has 0 aliphatic heterocycles. The van der Waals surface area contributed by atoms with Crippen molar-refractivity contribution in [3.05, 3.63) is 80.8 Å². The average Bonchev–Trinajstić information content (AvgIpc) is 3.49. The molecule has 1 aromatic heterocycles. The van der Waals surface area contributed by atoms with Gasteiger partial charge in [-0.3, -0.25) is 4.79 Å². The van der Waals surface area contributed by atoms with E-state index >= 15 is 0 Å². The zero-order chi connectivity index (χ0) is 20.2. The van der Waals surface area contributed by atoms with Gasteiger partial charge in [0.1, 0.15) is 17.4 Å². The first-order chi connectivity index (χ1) is 14.1. The molecule has 3 aromatic rings. The Kier molecular flexibility index (Phi) is 6.13. The van der Waals surface area contributed by atoms with Crippen LogP contribution in [-0.4, -0.2) is 26.9 Å². The van der Waals surface area contributed by atoms with E-state index in [0.29, 0.717) is 35.2 Å². The molecule has 5 nitrogen and oxygen atoms in total. The molecule has 1 N–H and O–H groups in total. The van der Waals surface area contributed by atoms with Crippen LogP contribution in [0.1, 0.15) is 39.5 Å². The molecule has 29 heavy (non-hydrogen) atoms. The summed E-state index contributed by atoms with van der Waals surface area (Å²) in [5.74, 6) is 0.702. The van der Waals surface area contributed by atoms with Gasteiger partial charge in [-0.05, 0) is 43.2 Å². The predicted molar refractivity (Wildman–Crippen MR) is 113 cm³/mol.